The molecule has 248 valence electrons. The van der Waals surface area contributed by atoms with E-state index in [4.69, 9.17) is 14.7 Å². The maximum Gasteiger partial charge on any atom is 0.304 e. The molecule has 47 heavy (non-hydrogen) atoms. The number of carboxylic acid groups (broad SMARTS) is 1. The van der Waals surface area contributed by atoms with Crippen LogP contribution in [0, 0.1) is 12.8 Å². The molecule has 10 heteroatoms. The zero-order valence-electron chi connectivity index (χ0n) is 27.5. The molecule has 3 aliphatic rings. The molecule has 0 saturated carbocycles. The van der Waals surface area contributed by atoms with Gasteiger partial charge in [0.2, 0.25) is 5.91 Å². The van der Waals surface area contributed by atoms with Crippen LogP contribution in [0.2, 0.25) is 0 Å². The van der Waals surface area contributed by atoms with Crippen molar-refractivity contribution >= 4 is 34.2 Å². The minimum absolute atomic E-state index is 0.0356. The fraction of sp³-hybridized carbons (Fsp3) is 0.459. The number of nitrogens with zero attached hydrogens (tertiary/aromatic N) is 4. The molecule has 10 nitrogen and oxygen atoms in total. The minimum atomic E-state index is -0.950. The third-order valence-corrected chi connectivity index (χ3v) is 9.87. The van der Waals surface area contributed by atoms with Gasteiger partial charge in [-0.1, -0.05) is 49.8 Å². The number of aryl methyl sites for hydroxylation is 1. The Morgan fingerprint density at radius 2 is 1.94 bits per heavy atom. The number of pyridine rings is 2. The van der Waals surface area contributed by atoms with Gasteiger partial charge in [0.1, 0.15) is 11.2 Å². The maximum atomic E-state index is 13.7. The minimum Gasteiger partial charge on any atom is -0.481 e. The van der Waals surface area contributed by atoms with Crippen LogP contribution in [0.4, 0.5) is 5.82 Å². The number of carboxylic acids is 1. The number of carbonyl (C=O) groups is 2. The van der Waals surface area contributed by atoms with Crippen LogP contribution in [0.1, 0.15) is 55.7 Å². The first kappa shape index (κ1) is 32.8. The van der Waals surface area contributed by atoms with E-state index in [0.717, 1.165) is 61.0 Å². The number of allylic oxidation sites excluding steroid dienone is 2. The van der Waals surface area contributed by atoms with E-state index in [-0.39, 0.29) is 24.3 Å². The van der Waals surface area contributed by atoms with Crippen LogP contribution < -0.4 is 10.6 Å². The van der Waals surface area contributed by atoms with Gasteiger partial charge in [-0.3, -0.25) is 24.4 Å². The number of amides is 1. The second kappa shape index (κ2) is 14.8. The largest absolute Gasteiger partial charge is 0.481 e. The van der Waals surface area contributed by atoms with E-state index in [0.29, 0.717) is 44.1 Å². The summed E-state index contributed by atoms with van der Waals surface area (Å²) in [7, 11) is 0. The summed E-state index contributed by atoms with van der Waals surface area (Å²) < 4.78 is 5.48. The summed E-state index contributed by atoms with van der Waals surface area (Å²) >= 11 is 0. The van der Waals surface area contributed by atoms with E-state index >= 15 is 0 Å². The quantitative estimate of drug-likeness (QED) is 0.249. The Hall–Kier alpha value is -4.12. The second-order valence-corrected chi connectivity index (χ2v) is 13.1. The fourth-order valence-corrected chi connectivity index (χ4v) is 7.18. The van der Waals surface area contributed by atoms with Crippen molar-refractivity contribution in [1.29, 1.82) is 0 Å². The monoisotopic (exact) mass is 638 g/mol. The SMILES string of the molecule is Cc1ccccc1C1=CC=CC(NC(=O)CCN2CCOCC2)(Nc2nccc3cc(CN4CCCCC4CC(=O)O)cnc23)C1C. The standard InChI is InChI=1S/C37H46N6O4/c1-26-8-3-4-10-31(26)32-11-7-14-37(27(32)2,40-33(44)13-17-42-18-20-47-21-19-42)41-36-35-29(12-15-38-36)22-28(24-39-35)25-43-16-6-5-9-30(43)23-34(45)46/h3-4,7-8,10-12,14-15,22,24,27,30H,5-6,9,13,16-21,23,25H2,1-2H3,(H,38,41)(H,40,44)(H,45,46). The Bertz CT molecular complexity index is 1650. The molecule has 2 fully saturated rings. The van der Waals surface area contributed by atoms with Crippen molar-refractivity contribution < 1.29 is 19.4 Å². The second-order valence-electron chi connectivity index (χ2n) is 13.1. The van der Waals surface area contributed by atoms with Gasteiger partial charge >= 0.3 is 5.97 Å². The van der Waals surface area contributed by atoms with E-state index in [1.807, 2.05) is 36.5 Å². The van der Waals surface area contributed by atoms with Crippen molar-refractivity contribution in [3.05, 3.63) is 83.7 Å². The molecule has 0 radical (unpaired) electrons. The van der Waals surface area contributed by atoms with Gasteiger partial charge < -0.3 is 20.5 Å². The number of aromatic nitrogens is 2. The highest BCUT2D eigenvalue weighted by atomic mass is 16.5. The number of anilines is 1. The average Bonchev–Trinajstić information content (AvgIpc) is 3.07. The molecule has 1 amide bonds. The number of nitrogens with one attached hydrogen (secondary N) is 2. The number of hydrogen-bond donors (Lipinski definition) is 3. The Balaban J connectivity index is 1.27. The van der Waals surface area contributed by atoms with Crippen LogP contribution in [0.3, 0.4) is 0 Å². The van der Waals surface area contributed by atoms with Crippen LogP contribution in [0.5, 0.6) is 0 Å². The molecule has 3 N–H and O–H groups in total. The highest BCUT2D eigenvalue weighted by molar-refractivity contribution is 5.90. The lowest BCUT2D eigenvalue weighted by Gasteiger charge is -2.42. The molecule has 2 saturated heterocycles. The van der Waals surface area contributed by atoms with Gasteiger partial charge in [-0.25, -0.2) is 4.98 Å². The molecule has 3 unspecified atom stereocenters. The number of morpholine rings is 1. The average molecular weight is 639 g/mol. The first-order valence-corrected chi connectivity index (χ1v) is 16.9. The number of hydrogen-bond acceptors (Lipinski definition) is 8. The topological polar surface area (TPSA) is 120 Å². The van der Waals surface area contributed by atoms with Gasteiger partial charge in [0.15, 0.2) is 5.82 Å². The summed E-state index contributed by atoms with van der Waals surface area (Å²) in [4.78, 5) is 39.3. The number of ether oxygens (including phenoxy) is 1. The van der Waals surface area contributed by atoms with E-state index in [9.17, 15) is 14.7 Å². The van der Waals surface area contributed by atoms with Crippen molar-refractivity contribution in [2.24, 2.45) is 5.92 Å². The van der Waals surface area contributed by atoms with Crippen LogP contribution in [0.25, 0.3) is 16.5 Å². The van der Waals surface area contributed by atoms with Crippen LogP contribution in [0.15, 0.2) is 67.0 Å². The highest BCUT2D eigenvalue weighted by Crippen LogP contribution is 2.38. The molecular weight excluding hydrogens is 592 g/mol. The summed E-state index contributed by atoms with van der Waals surface area (Å²) in [6, 6.07) is 12.4. The summed E-state index contributed by atoms with van der Waals surface area (Å²) in [5, 5.41) is 17.4. The van der Waals surface area contributed by atoms with Crippen molar-refractivity contribution in [1.82, 2.24) is 25.1 Å². The summed E-state index contributed by atoms with van der Waals surface area (Å²) in [6.45, 7) is 9.51. The van der Waals surface area contributed by atoms with Gasteiger partial charge in [0, 0.05) is 62.3 Å². The van der Waals surface area contributed by atoms with E-state index in [1.54, 1.807) is 6.20 Å². The lowest BCUT2D eigenvalue weighted by atomic mass is 9.78. The first-order chi connectivity index (χ1) is 22.8. The predicted molar refractivity (Wildman–Crippen MR) is 184 cm³/mol. The van der Waals surface area contributed by atoms with E-state index in [2.05, 4.69) is 58.6 Å². The molecule has 2 aromatic heterocycles. The van der Waals surface area contributed by atoms with Crippen molar-refractivity contribution in [2.75, 3.05) is 44.7 Å². The Kier molecular flexibility index (Phi) is 10.3. The fourth-order valence-electron chi connectivity index (χ4n) is 7.18. The van der Waals surface area contributed by atoms with Crippen LogP contribution >= 0.6 is 0 Å². The zero-order valence-corrected chi connectivity index (χ0v) is 27.5. The summed E-state index contributed by atoms with van der Waals surface area (Å²) in [5.41, 5.74) is 4.24. The third-order valence-electron chi connectivity index (χ3n) is 9.87. The normalized spacial score (nSPS) is 23.7. The molecule has 0 bridgehead atoms. The molecule has 4 heterocycles. The third kappa shape index (κ3) is 7.72. The van der Waals surface area contributed by atoms with Crippen LogP contribution in [-0.4, -0.2) is 87.8 Å². The lowest BCUT2D eigenvalue weighted by Crippen LogP contribution is -2.58. The molecule has 3 aromatic rings. The van der Waals surface area contributed by atoms with Crippen LogP contribution in [-0.2, 0) is 20.9 Å². The Morgan fingerprint density at radius 1 is 1.11 bits per heavy atom. The predicted octanol–water partition coefficient (Wildman–Crippen LogP) is 5.00. The number of aliphatic carboxylic acids is 1. The van der Waals surface area contributed by atoms with Gasteiger partial charge in [0.25, 0.3) is 0 Å². The number of benzene rings is 1. The van der Waals surface area contributed by atoms with Gasteiger partial charge in [0.05, 0.1) is 19.6 Å². The Morgan fingerprint density at radius 3 is 2.74 bits per heavy atom. The van der Waals surface area contributed by atoms with Gasteiger partial charge in [-0.05, 0) is 66.8 Å². The molecule has 0 spiro atoms. The van der Waals surface area contributed by atoms with Gasteiger partial charge in [-0.2, -0.15) is 0 Å². The van der Waals surface area contributed by atoms with E-state index < -0.39 is 11.6 Å². The molecule has 1 aromatic carbocycles. The van der Waals surface area contributed by atoms with Crippen molar-refractivity contribution in [3.8, 4) is 0 Å². The summed E-state index contributed by atoms with van der Waals surface area (Å²) in [6.07, 6.45) is 13.4. The number of rotatable bonds is 11. The Labute approximate surface area is 276 Å². The smallest absolute Gasteiger partial charge is 0.304 e. The molecule has 2 aliphatic heterocycles. The first-order valence-electron chi connectivity index (χ1n) is 16.9. The number of piperidine rings is 1. The molecule has 6 rings (SSSR count). The molecule has 1 aliphatic carbocycles. The number of carbonyl (C=O) groups excluding carboxylic acids is 1. The number of likely N-dealkylation sites (tertiary alicyclic amines) is 1. The zero-order chi connectivity index (χ0) is 32.8. The molecular formula is C37H46N6O4. The molecule has 3 atom stereocenters. The maximum absolute atomic E-state index is 13.7. The van der Waals surface area contributed by atoms with Crippen molar-refractivity contribution in [3.63, 3.8) is 0 Å². The van der Waals surface area contributed by atoms with E-state index in [1.165, 1.54) is 5.56 Å². The lowest BCUT2D eigenvalue weighted by molar-refractivity contribution is -0.138. The number of fused-ring (bicyclic) bond motifs is 1. The summed E-state index contributed by atoms with van der Waals surface area (Å²) in [5.74, 6) is -0.345. The van der Waals surface area contributed by atoms with Gasteiger partial charge in [-0.15, -0.1) is 0 Å². The van der Waals surface area contributed by atoms with Crippen molar-refractivity contribution in [2.45, 2.75) is 64.2 Å². The highest BCUT2D eigenvalue weighted by Gasteiger charge is 2.40.